The third kappa shape index (κ3) is 2.73. The SMILES string of the molecule is NCC1CCCCC1NC(=O)c1ccc2c(c1)CCC2. The molecule has 0 aromatic heterocycles. The minimum Gasteiger partial charge on any atom is -0.349 e. The van der Waals surface area contributed by atoms with E-state index in [0.717, 1.165) is 31.2 Å². The largest absolute Gasteiger partial charge is 0.349 e. The van der Waals surface area contributed by atoms with Gasteiger partial charge in [0.2, 0.25) is 0 Å². The van der Waals surface area contributed by atoms with Crippen LogP contribution in [0.15, 0.2) is 18.2 Å². The fourth-order valence-corrected chi connectivity index (χ4v) is 3.64. The Bertz CT molecular complexity index is 498. The summed E-state index contributed by atoms with van der Waals surface area (Å²) in [5.74, 6) is 0.521. The number of fused-ring (bicyclic) bond motifs is 1. The minimum atomic E-state index is 0.0741. The van der Waals surface area contributed by atoms with Gasteiger partial charge >= 0.3 is 0 Å². The molecular weight excluding hydrogens is 248 g/mol. The summed E-state index contributed by atoms with van der Waals surface area (Å²) in [6, 6.07) is 6.44. The van der Waals surface area contributed by atoms with E-state index in [4.69, 9.17) is 5.73 Å². The number of benzene rings is 1. The van der Waals surface area contributed by atoms with Crippen molar-refractivity contribution in [2.45, 2.75) is 51.0 Å². The zero-order chi connectivity index (χ0) is 13.9. The first-order valence-corrected chi connectivity index (χ1v) is 7.90. The summed E-state index contributed by atoms with van der Waals surface area (Å²) in [6.45, 7) is 0.676. The Balaban J connectivity index is 1.69. The van der Waals surface area contributed by atoms with E-state index in [1.54, 1.807) is 0 Å². The summed E-state index contributed by atoms with van der Waals surface area (Å²) < 4.78 is 0. The molecule has 2 aliphatic carbocycles. The maximum absolute atomic E-state index is 12.4. The van der Waals surface area contributed by atoms with Crippen LogP contribution in [0.4, 0.5) is 0 Å². The molecule has 2 aliphatic rings. The fraction of sp³-hybridized carbons (Fsp3) is 0.588. The maximum atomic E-state index is 12.4. The summed E-state index contributed by atoms with van der Waals surface area (Å²) in [4.78, 5) is 12.4. The van der Waals surface area contributed by atoms with Crippen LogP contribution in [0.2, 0.25) is 0 Å². The molecular formula is C17H24N2O. The van der Waals surface area contributed by atoms with Crippen molar-refractivity contribution in [3.8, 4) is 0 Å². The molecule has 1 saturated carbocycles. The first kappa shape index (κ1) is 13.6. The number of aryl methyl sites for hydroxylation is 2. The predicted octanol–water partition coefficient (Wildman–Crippen LogP) is 2.42. The lowest BCUT2D eigenvalue weighted by atomic mass is 9.84. The van der Waals surface area contributed by atoms with Gasteiger partial charge < -0.3 is 11.1 Å². The van der Waals surface area contributed by atoms with E-state index in [0.29, 0.717) is 12.5 Å². The minimum absolute atomic E-state index is 0.0741. The van der Waals surface area contributed by atoms with E-state index >= 15 is 0 Å². The molecule has 1 fully saturated rings. The van der Waals surface area contributed by atoms with Gasteiger partial charge in [0.1, 0.15) is 0 Å². The molecule has 3 N–H and O–H groups in total. The highest BCUT2D eigenvalue weighted by Gasteiger charge is 2.26. The van der Waals surface area contributed by atoms with Crippen LogP contribution in [0.5, 0.6) is 0 Å². The van der Waals surface area contributed by atoms with Crippen LogP contribution in [0.3, 0.4) is 0 Å². The topological polar surface area (TPSA) is 55.1 Å². The molecule has 1 amide bonds. The second-order valence-corrected chi connectivity index (χ2v) is 6.20. The summed E-state index contributed by atoms with van der Waals surface area (Å²) in [6.07, 6.45) is 8.15. The van der Waals surface area contributed by atoms with E-state index < -0.39 is 0 Å². The lowest BCUT2D eigenvalue weighted by Crippen LogP contribution is -2.44. The fourth-order valence-electron chi connectivity index (χ4n) is 3.64. The number of nitrogens with one attached hydrogen (secondary N) is 1. The number of carbonyl (C=O) groups excluding carboxylic acids is 1. The molecule has 3 nitrogen and oxygen atoms in total. The normalized spacial score (nSPS) is 25.2. The maximum Gasteiger partial charge on any atom is 0.251 e. The molecule has 0 spiro atoms. The van der Waals surface area contributed by atoms with Crippen molar-refractivity contribution in [2.24, 2.45) is 11.7 Å². The Kier molecular flexibility index (Phi) is 4.06. The van der Waals surface area contributed by atoms with Gasteiger partial charge in [0, 0.05) is 11.6 Å². The highest BCUT2D eigenvalue weighted by Crippen LogP contribution is 2.25. The molecule has 108 valence electrons. The Hall–Kier alpha value is -1.35. The molecule has 0 saturated heterocycles. The van der Waals surface area contributed by atoms with Crippen molar-refractivity contribution in [1.82, 2.24) is 5.32 Å². The highest BCUT2D eigenvalue weighted by atomic mass is 16.1. The first-order chi connectivity index (χ1) is 9.78. The van der Waals surface area contributed by atoms with Gasteiger partial charge in [-0.2, -0.15) is 0 Å². The first-order valence-electron chi connectivity index (χ1n) is 7.90. The summed E-state index contributed by atoms with van der Waals surface area (Å²) in [5, 5.41) is 3.21. The monoisotopic (exact) mass is 272 g/mol. The van der Waals surface area contributed by atoms with Gasteiger partial charge in [-0.1, -0.05) is 18.9 Å². The molecule has 0 heterocycles. The molecule has 2 atom stereocenters. The zero-order valence-corrected chi connectivity index (χ0v) is 12.0. The number of amides is 1. The van der Waals surface area contributed by atoms with E-state index in [-0.39, 0.29) is 11.9 Å². The molecule has 0 radical (unpaired) electrons. The molecule has 2 unspecified atom stereocenters. The number of rotatable bonds is 3. The summed E-state index contributed by atoms with van der Waals surface area (Å²) in [7, 11) is 0. The lowest BCUT2D eigenvalue weighted by Gasteiger charge is -2.31. The second-order valence-electron chi connectivity index (χ2n) is 6.20. The van der Waals surface area contributed by atoms with E-state index in [2.05, 4.69) is 17.4 Å². The predicted molar refractivity (Wildman–Crippen MR) is 80.7 cm³/mol. The molecule has 3 heteroatoms. The van der Waals surface area contributed by atoms with Crippen molar-refractivity contribution in [2.75, 3.05) is 6.54 Å². The average molecular weight is 272 g/mol. The second kappa shape index (κ2) is 5.96. The molecule has 3 rings (SSSR count). The number of hydrogen-bond donors (Lipinski definition) is 2. The zero-order valence-electron chi connectivity index (χ0n) is 12.0. The Morgan fingerprint density at radius 3 is 2.80 bits per heavy atom. The van der Waals surface area contributed by atoms with Gasteiger partial charge in [-0.15, -0.1) is 0 Å². The Morgan fingerprint density at radius 1 is 1.15 bits per heavy atom. The van der Waals surface area contributed by atoms with Crippen LogP contribution in [0, 0.1) is 5.92 Å². The van der Waals surface area contributed by atoms with Crippen LogP contribution >= 0.6 is 0 Å². The van der Waals surface area contributed by atoms with E-state index in [1.165, 1.54) is 30.4 Å². The smallest absolute Gasteiger partial charge is 0.251 e. The lowest BCUT2D eigenvalue weighted by molar-refractivity contribution is 0.0908. The third-order valence-electron chi connectivity index (χ3n) is 4.89. The van der Waals surface area contributed by atoms with Crippen LogP contribution < -0.4 is 11.1 Å². The highest BCUT2D eigenvalue weighted by molar-refractivity contribution is 5.94. The average Bonchev–Trinajstić information content (AvgIpc) is 2.95. The van der Waals surface area contributed by atoms with Gasteiger partial charge in [-0.05, 0) is 67.8 Å². The molecule has 20 heavy (non-hydrogen) atoms. The van der Waals surface area contributed by atoms with Crippen molar-refractivity contribution >= 4 is 5.91 Å². The van der Waals surface area contributed by atoms with Crippen LogP contribution in [0.1, 0.15) is 53.6 Å². The van der Waals surface area contributed by atoms with E-state index in [1.807, 2.05) is 6.07 Å². The van der Waals surface area contributed by atoms with Crippen molar-refractivity contribution < 1.29 is 4.79 Å². The summed E-state index contributed by atoms with van der Waals surface area (Å²) >= 11 is 0. The number of nitrogens with two attached hydrogens (primary N) is 1. The number of hydrogen-bond acceptors (Lipinski definition) is 2. The van der Waals surface area contributed by atoms with Gasteiger partial charge in [-0.3, -0.25) is 4.79 Å². The summed E-state index contributed by atoms with van der Waals surface area (Å²) in [5.41, 5.74) is 9.42. The molecule has 1 aromatic carbocycles. The van der Waals surface area contributed by atoms with Crippen LogP contribution in [0.25, 0.3) is 0 Å². The van der Waals surface area contributed by atoms with Crippen LogP contribution in [-0.4, -0.2) is 18.5 Å². The Morgan fingerprint density at radius 2 is 1.95 bits per heavy atom. The standard InChI is InChI=1S/C17H24N2O/c18-11-15-4-1-2-7-16(15)19-17(20)14-9-8-12-5-3-6-13(12)10-14/h8-10,15-16H,1-7,11,18H2,(H,19,20). The van der Waals surface area contributed by atoms with Gasteiger partial charge in [0.25, 0.3) is 5.91 Å². The molecule has 0 aliphatic heterocycles. The van der Waals surface area contributed by atoms with Crippen molar-refractivity contribution in [1.29, 1.82) is 0 Å². The third-order valence-corrected chi connectivity index (χ3v) is 4.89. The van der Waals surface area contributed by atoms with Gasteiger partial charge in [-0.25, -0.2) is 0 Å². The molecule has 0 bridgehead atoms. The van der Waals surface area contributed by atoms with Crippen molar-refractivity contribution in [3.63, 3.8) is 0 Å². The number of carbonyl (C=O) groups is 1. The quantitative estimate of drug-likeness (QED) is 0.888. The van der Waals surface area contributed by atoms with Crippen LogP contribution in [-0.2, 0) is 12.8 Å². The van der Waals surface area contributed by atoms with E-state index in [9.17, 15) is 4.79 Å². The van der Waals surface area contributed by atoms with Gasteiger partial charge in [0.15, 0.2) is 0 Å². The van der Waals surface area contributed by atoms with Crippen molar-refractivity contribution in [3.05, 3.63) is 34.9 Å². The molecule has 1 aromatic rings. The van der Waals surface area contributed by atoms with Gasteiger partial charge in [0.05, 0.1) is 0 Å². The Labute approximate surface area is 120 Å².